The van der Waals surface area contributed by atoms with E-state index in [1.807, 2.05) is 38.1 Å². The molecule has 0 heterocycles. The van der Waals surface area contributed by atoms with E-state index in [0.29, 0.717) is 5.56 Å². The lowest BCUT2D eigenvalue weighted by Crippen LogP contribution is -2.45. The summed E-state index contributed by atoms with van der Waals surface area (Å²) < 4.78 is 0. The molecule has 2 N–H and O–H groups in total. The van der Waals surface area contributed by atoms with Gasteiger partial charge in [-0.25, -0.2) is 0 Å². The summed E-state index contributed by atoms with van der Waals surface area (Å²) in [4.78, 5) is 24.0. The van der Waals surface area contributed by atoms with Crippen molar-refractivity contribution in [2.75, 3.05) is 5.32 Å². The highest BCUT2D eigenvalue weighted by Crippen LogP contribution is 2.18. The van der Waals surface area contributed by atoms with E-state index in [-0.39, 0.29) is 11.7 Å². The van der Waals surface area contributed by atoms with Gasteiger partial charge in [-0.15, -0.1) is 0 Å². The van der Waals surface area contributed by atoms with Gasteiger partial charge in [-0.05, 0) is 31.0 Å². The van der Waals surface area contributed by atoms with Crippen LogP contribution in [0.5, 0.6) is 0 Å². The smallest absolute Gasteiger partial charge is 0.218 e. The maximum Gasteiger partial charge on any atom is 0.218 e. The van der Waals surface area contributed by atoms with Gasteiger partial charge >= 0.3 is 0 Å². The standard InChI is InChI=1S/C18H20N2O2/c1-12-9-10-13(2)16(11-12)20-18(19-14(3)21)17(22)15-7-5-4-6-8-15/h4-11,18,20H,1-3H3,(H,19,21)/t18-/m0/s1. The molecule has 0 saturated carbocycles. The molecule has 4 heteroatoms. The second kappa shape index (κ2) is 6.89. The summed E-state index contributed by atoms with van der Waals surface area (Å²) >= 11 is 0. The normalized spacial score (nSPS) is 11.6. The van der Waals surface area contributed by atoms with Crippen molar-refractivity contribution in [3.05, 3.63) is 65.2 Å². The number of carbonyl (C=O) groups is 2. The first-order chi connectivity index (χ1) is 10.5. The van der Waals surface area contributed by atoms with Gasteiger partial charge in [0.2, 0.25) is 11.7 Å². The maximum atomic E-state index is 12.6. The van der Waals surface area contributed by atoms with E-state index in [4.69, 9.17) is 0 Å². The number of amides is 1. The van der Waals surface area contributed by atoms with Crippen LogP contribution in [-0.4, -0.2) is 17.9 Å². The molecule has 0 aliphatic rings. The lowest BCUT2D eigenvalue weighted by atomic mass is 10.1. The van der Waals surface area contributed by atoms with E-state index in [0.717, 1.165) is 16.8 Å². The average Bonchev–Trinajstić information content (AvgIpc) is 2.50. The highest BCUT2D eigenvalue weighted by molar-refractivity contribution is 6.03. The van der Waals surface area contributed by atoms with Crippen molar-refractivity contribution >= 4 is 17.4 Å². The van der Waals surface area contributed by atoms with Gasteiger partial charge in [-0.1, -0.05) is 42.5 Å². The predicted octanol–water partition coefficient (Wildman–Crippen LogP) is 3.06. The number of nitrogens with one attached hydrogen (secondary N) is 2. The molecule has 0 spiro atoms. The van der Waals surface area contributed by atoms with Crippen LogP contribution in [0, 0.1) is 13.8 Å². The van der Waals surface area contributed by atoms with Gasteiger partial charge in [0, 0.05) is 18.2 Å². The lowest BCUT2D eigenvalue weighted by molar-refractivity contribution is -0.119. The summed E-state index contributed by atoms with van der Waals surface area (Å²) in [6, 6.07) is 14.9. The average molecular weight is 296 g/mol. The van der Waals surface area contributed by atoms with Gasteiger partial charge in [0.1, 0.15) is 0 Å². The van der Waals surface area contributed by atoms with E-state index in [9.17, 15) is 9.59 Å². The van der Waals surface area contributed by atoms with Crippen LogP contribution in [0.2, 0.25) is 0 Å². The molecular weight excluding hydrogens is 276 g/mol. The predicted molar refractivity (Wildman–Crippen MR) is 87.9 cm³/mol. The summed E-state index contributed by atoms with van der Waals surface area (Å²) in [6.45, 7) is 5.34. The van der Waals surface area contributed by atoms with Crippen LogP contribution >= 0.6 is 0 Å². The number of anilines is 1. The second-order valence-electron chi connectivity index (χ2n) is 5.33. The van der Waals surface area contributed by atoms with Crippen molar-refractivity contribution in [2.45, 2.75) is 26.9 Å². The van der Waals surface area contributed by atoms with Gasteiger partial charge in [0.15, 0.2) is 6.17 Å². The number of ketones is 1. The van der Waals surface area contributed by atoms with E-state index in [1.165, 1.54) is 6.92 Å². The third kappa shape index (κ3) is 3.95. The fourth-order valence-electron chi connectivity index (χ4n) is 2.19. The number of hydrogen-bond acceptors (Lipinski definition) is 3. The summed E-state index contributed by atoms with van der Waals surface area (Å²) in [5, 5.41) is 5.81. The zero-order valence-corrected chi connectivity index (χ0v) is 13.0. The molecule has 0 saturated heterocycles. The zero-order chi connectivity index (χ0) is 16.1. The molecule has 2 rings (SSSR count). The second-order valence-corrected chi connectivity index (χ2v) is 5.33. The van der Waals surface area contributed by atoms with E-state index < -0.39 is 6.17 Å². The molecule has 0 fully saturated rings. The van der Waals surface area contributed by atoms with Crippen LogP contribution in [0.25, 0.3) is 0 Å². The highest BCUT2D eigenvalue weighted by Gasteiger charge is 2.21. The Balaban J connectivity index is 2.28. The quantitative estimate of drug-likeness (QED) is 0.658. The molecule has 2 aromatic rings. The van der Waals surface area contributed by atoms with Gasteiger partial charge in [-0.3, -0.25) is 9.59 Å². The van der Waals surface area contributed by atoms with Crippen LogP contribution in [0.1, 0.15) is 28.4 Å². The van der Waals surface area contributed by atoms with E-state index in [1.54, 1.807) is 24.3 Å². The molecule has 0 unspecified atom stereocenters. The lowest BCUT2D eigenvalue weighted by Gasteiger charge is -2.21. The number of hydrogen-bond donors (Lipinski definition) is 2. The first kappa shape index (κ1) is 15.8. The van der Waals surface area contributed by atoms with Gasteiger partial charge in [0.25, 0.3) is 0 Å². The van der Waals surface area contributed by atoms with Crippen molar-refractivity contribution in [2.24, 2.45) is 0 Å². The Kier molecular flexibility index (Phi) is 4.94. The van der Waals surface area contributed by atoms with E-state index >= 15 is 0 Å². The molecular formula is C18H20N2O2. The van der Waals surface area contributed by atoms with Crippen LogP contribution in [0.4, 0.5) is 5.69 Å². The zero-order valence-electron chi connectivity index (χ0n) is 13.0. The van der Waals surface area contributed by atoms with Crippen molar-refractivity contribution < 1.29 is 9.59 Å². The molecule has 0 aliphatic heterocycles. The third-order valence-electron chi connectivity index (χ3n) is 3.36. The Morgan fingerprint density at radius 1 is 1.00 bits per heavy atom. The SMILES string of the molecule is CC(=O)N[C@@H](Nc1cc(C)ccc1C)C(=O)c1ccccc1. The Morgan fingerprint density at radius 3 is 2.32 bits per heavy atom. The first-order valence-corrected chi connectivity index (χ1v) is 7.17. The third-order valence-corrected chi connectivity index (χ3v) is 3.36. The molecule has 114 valence electrons. The topological polar surface area (TPSA) is 58.2 Å². The highest BCUT2D eigenvalue weighted by atomic mass is 16.2. The Labute approximate surface area is 130 Å². The summed E-state index contributed by atoms with van der Waals surface area (Å²) in [6.07, 6.45) is -0.791. The largest absolute Gasteiger partial charge is 0.359 e. The maximum absolute atomic E-state index is 12.6. The van der Waals surface area contributed by atoms with Crippen LogP contribution in [0.3, 0.4) is 0 Å². The molecule has 22 heavy (non-hydrogen) atoms. The minimum absolute atomic E-state index is 0.170. The van der Waals surface area contributed by atoms with Crippen LogP contribution in [-0.2, 0) is 4.79 Å². The minimum atomic E-state index is -0.791. The molecule has 0 bridgehead atoms. The molecule has 1 amide bonds. The van der Waals surface area contributed by atoms with Crippen molar-refractivity contribution in [3.63, 3.8) is 0 Å². The molecule has 2 aromatic carbocycles. The monoisotopic (exact) mass is 296 g/mol. The molecule has 4 nitrogen and oxygen atoms in total. The van der Waals surface area contributed by atoms with Crippen molar-refractivity contribution in [1.82, 2.24) is 5.32 Å². The first-order valence-electron chi connectivity index (χ1n) is 7.17. The number of benzene rings is 2. The molecule has 1 atom stereocenters. The van der Waals surface area contributed by atoms with Crippen LogP contribution in [0.15, 0.2) is 48.5 Å². The van der Waals surface area contributed by atoms with Crippen molar-refractivity contribution in [1.29, 1.82) is 0 Å². The molecule has 0 radical (unpaired) electrons. The van der Waals surface area contributed by atoms with E-state index in [2.05, 4.69) is 10.6 Å². The fourth-order valence-corrected chi connectivity index (χ4v) is 2.19. The summed E-state index contributed by atoms with van der Waals surface area (Å²) in [7, 11) is 0. The van der Waals surface area contributed by atoms with Gasteiger partial charge in [0.05, 0.1) is 0 Å². The number of carbonyl (C=O) groups excluding carboxylic acids is 2. The summed E-state index contributed by atoms with van der Waals surface area (Å²) in [5.41, 5.74) is 3.49. The summed E-state index contributed by atoms with van der Waals surface area (Å²) in [5.74, 6) is -0.427. The molecule has 0 aliphatic carbocycles. The molecule has 0 aromatic heterocycles. The fraction of sp³-hybridized carbons (Fsp3) is 0.222. The Hall–Kier alpha value is -2.62. The Bertz CT molecular complexity index is 681. The number of Topliss-reactive ketones (excluding diaryl/α,β-unsaturated/α-hetero) is 1. The van der Waals surface area contributed by atoms with Crippen LogP contribution < -0.4 is 10.6 Å². The van der Waals surface area contributed by atoms with Gasteiger partial charge in [-0.2, -0.15) is 0 Å². The number of aryl methyl sites for hydroxylation is 2. The number of rotatable bonds is 5. The van der Waals surface area contributed by atoms with Gasteiger partial charge < -0.3 is 10.6 Å². The Morgan fingerprint density at radius 2 is 1.68 bits per heavy atom. The van der Waals surface area contributed by atoms with Crippen molar-refractivity contribution in [3.8, 4) is 0 Å². The minimum Gasteiger partial charge on any atom is -0.359 e.